The Bertz CT molecular complexity index is 1100. The summed E-state index contributed by atoms with van der Waals surface area (Å²) >= 11 is 0. The van der Waals surface area contributed by atoms with E-state index in [0.717, 1.165) is 23.9 Å². The maximum Gasteiger partial charge on any atom is 0.227 e. The van der Waals surface area contributed by atoms with Crippen LogP contribution < -0.4 is 10.2 Å². The molecule has 2 aromatic carbocycles. The van der Waals surface area contributed by atoms with E-state index in [1.165, 1.54) is 23.3 Å². The number of carbonyl (C=O) groups excluding carboxylic acids is 1. The Hall–Kier alpha value is -3.32. The predicted octanol–water partition coefficient (Wildman–Crippen LogP) is 4.12. The van der Waals surface area contributed by atoms with E-state index >= 15 is 0 Å². The van der Waals surface area contributed by atoms with E-state index in [-0.39, 0.29) is 17.6 Å². The van der Waals surface area contributed by atoms with E-state index in [1.54, 1.807) is 17.0 Å². The van der Waals surface area contributed by atoms with Crippen LogP contribution in [0.4, 0.5) is 15.9 Å². The van der Waals surface area contributed by atoms with Crippen LogP contribution in [-0.4, -0.2) is 41.4 Å². The molecule has 0 spiro atoms. The summed E-state index contributed by atoms with van der Waals surface area (Å²) in [7, 11) is 3.88. The molecule has 4 rings (SSSR count). The Labute approximate surface area is 188 Å². The number of hydrogen-bond acceptors (Lipinski definition) is 5. The van der Waals surface area contributed by atoms with Crippen LogP contribution in [0.25, 0.3) is 0 Å². The van der Waals surface area contributed by atoms with Gasteiger partial charge in [0.25, 0.3) is 0 Å². The van der Waals surface area contributed by atoms with Crippen LogP contribution >= 0.6 is 0 Å². The van der Waals surface area contributed by atoms with Gasteiger partial charge in [0.05, 0.1) is 12.2 Å². The quantitative estimate of drug-likeness (QED) is 0.607. The fourth-order valence-electron chi connectivity index (χ4n) is 4.08. The Balaban J connectivity index is 1.51. The summed E-state index contributed by atoms with van der Waals surface area (Å²) in [6.07, 6.45) is 0.371. The minimum Gasteiger partial charge on any atom is -0.373 e. The molecule has 1 atom stereocenters. The number of rotatable bonds is 7. The molecule has 1 N–H and O–H groups in total. The number of anilines is 2. The molecule has 0 bridgehead atoms. The second-order valence-electron chi connectivity index (χ2n) is 8.32. The molecule has 2 heterocycles. The van der Waals surface area contributed by atoms with Crippen molar-refractivity contribution in [2.24, 2.45) is 0 Å². The van der Waals surface area contributed by atoms with Crippen LogP contribution in [-0.2, 0) is 17.9 Å². The number of benzene rings is 2. The number of carbonyl (C=O) groups is 1. The highest BCUT2D eigenvalue weighted by Crippen LogP contribution is 2.32. The molecule has 0 aliphatic carbocycles. The van der Waals surface area contributed by atoms with Gasteiger partial charge in [-0.25, -0.2) is 14.4 Å². The summed E-state index contributed by atoms with van der Waals surface area (Å²) in [6.45, 7) is 4.03. The van der Waals surface area contributed by atoms with Gasteiger partial charge in [-0.2, -0.15) is 0 Å². The molecule has 1 saturated heterocycles. The summed E-state index contributed by atoms with van der Waals surface area (Å²) in [5.41, 5.74) is 4.09. The van der Waals surface area contributed by atoms with E-state index < -0.39 is 0 Å². The minimum atomic E-state index is -0.314. The van der Waals surface area contributed by atoms with Gasteiger partial charge < -0.3 is 10.2 Å². The lowest BCUT2D eigenvalue weighted by Crippen LogP contribution is -2.24. The highest BCUT2D eigenvalue weighted by atomic mass is 19.1. The second-order valence-corrected chi connectivity index (χ2v) is 8.32. The molecule has 166 valence electrons. The van der Waals surface area contributed by atoms with Gasteiger partial charge in [0.15, 0.2) is 0 Å². The van der Waals surface area contributed by atoms with Gasteiger partial charge in [0, 0.05) is 44.2 Å². The average Bonchev–Trinajstić information content (AvgIpc) is 3.17. The third-order valence-electron chi connectivity index (χ3n) is 5.84. The van der Waals surface area contributed by atoms with Gasteiger partial charge in [0.2, 0.25) is 5.91 Å². The van der Waals surface area contributed by atoms with Crippen molar-refractivity contribution >= 4 is 17.4 Å². The topological polar surface area (TPSA) is 61.4 Å². The minimum absolute atomic E-state index is 0.0180. The van der Waals surface area contributed by atoms with Gasteiger partial charge in [-0.15, -0.1) is 0 Å². The normalized spacial score (nSPS) is 16.1. The Morgan fingerprint density at radius 2 is 1.88 bits per heavy atom. The Morgan fingerprint density at radius 1 is 1.12 bits per heavy atom. The van der Waals surface area contributed by atoms with E-state index in [9.17, 15) is 9.18 Å². The average molecular weight is 434 g/mol. The molecule has 1 fully saturated rings. The molecule has 6 nitrogen and oxygen atoms in total. The molecule has 1 amide bonds. The first kappa shape index (κ1) is 21.9. The SMILES string of the molecule is CNc1cc([C@H]2CC(=O)N(c3ccc(F)cc3)C2)nc(CN(C)Cc2ccccc2C)n1. The summed E-state index contributed by atoms with van der Waals surface area (Å²) in [5, 5.41) is 3.11. The summed E-state index contributed by atoms with van der Waals surface area (Å²) in [6, 6.07) is 16.3. The number of aryl methyl sites for hydroxylation is 1. The van der Waals surface area contributed by atoms with Crippen molar-refractivity contribution in [3.8, 4) is 0 Å². The zero-order valence-corrected chi connectivity index (χ0v) is 18.7. The van der Waals surface area contributed by atoms with Crippen molar-refractivity contribution in [2.75, 3.05) is 30.9 Å². The lowest BCUT2D eigenvalue weighted by Gasteiger charge is -2.19. The van der Waals surface area contributed by atoms with Gasteiger partial charge >= 0.3 is 0 Å². The van der Waals surface area contributed by atoms with Crippen molar-refractivity contribution < 1.29 is 9.18 Å². The first-order valence-electron chi connectivity index (χ1n) is 10.8. The van der Waals surface area contributed by atoms with Gasteiger partial charge in [-0.05, 0) is 49.4 Å². The van der Waals surface area contributed by atoms with Crippen LogP contribution in [0.1, 0.15) is 35.0 Å². The van der Waals surface area contributed by atoms with Crippen LogP contribution in [0, 0.1) is 12.7 Å². The van der Waals surface area contributed by atoms with Crippen LogP contribution in [0.15, 0.2) is 54.6 Å². The summed E-state index contributed by atoms with van der Waals surface area (Å²) < 4.78 is 13.3. The van der Waals surface area contributed by atoms with E-state index in [2.05, 4.69) is 47.4 Å². The second kappa shape index (κ2) is 9.44. The molecule has 0 unspecified atom stereocenters. The lowest BCUT2D eigenvalue weighted by molar-refractivity contribution is -0.117. The van der Waals surface area contributed by atoms with Gasteiger partial charge in [-0.1, -0.05) is 24.3 Å². The van der Waals surface area contributed by atoms with Crippen molar-refractivity contribution in [1.29, 1.82) is 0 Å². The molecule has 1 aliphatic rings. The van der Waals surface area contributed by atoms with Crippen LogP contribution in [0.2, 0.25) is 0 Å². The number of aromatic nitrogens is 2. The van der Waals surface area contributed by atoms with E-state index in [1.807, 2.05) is 19.2 Å². The third kappa shape index (κ3) is 4.94. The van der Waals surface area contributed by atoms with E-state index in [4.69, 9.17) is 4.98 Å². The molecule has 0 saturated carbocycles. The summed E-state index contributed by atoms with van der Waals surface area (Å²) in [5.74, 6) is 1.12. The number of nitrogens with zero attached hydrogens (tertiary/aromatic N) is 4. The number of halogens is 1. The maximum atomic E-state index is 13.3. The molecular formula is C25H28FN5O. The molecule has 7 heteroatoms. The van der Waals surface area contributed by atoms with Crippen molar-refractivity contribution in [3.05, 3.63) is 83.1 Å². The predicted molar refractivity (Wildman–Crippen MR) is 124 cm³/mol. The highest BCUT2D eigenvalue weighted by molar-refractivity contribution is 5.96. The maximum absolute atomic E-state index is 13.3. The van der Waals surface area contributed by atoms with Crippen molar-refractivity contribution in [3.63, 3.8) is 0 Å². The van der Waals surface area contributed by atoms with Crippen molar-refractivity contribution in [1.82, 2.24) is 14.9 Å². The Morgan fingerprint density at radius 3 is 2.59 bits per heavy atom. The fourth-order valence-corrected chi connectivity index (χ4v) is 4.08. The van der Waals surface area contributed by atoms with E-state index in [0.29, 0.717) is 25.2 Å². The third-order valence-corrected chi connectivity index (χ3v) is 5.84. The molecule has 1 aromatic heterocycles. The molecule has 0 radical (unpaired) electrons. The number of nitrogens with one attached hydrogen (secondary N) is 1. The molecular weight excluding hydrogens is 405 g/mol. The lowest BCUT2D eigenvalue weighted by atomic mass is 10.0. The highest BCUT2D eigenvalue weighted by Gasteiger charge is 2.33. The van der Waals surface area contributed by atoms with Gasteiger partial charge in [-0.3, -0.25) is 9.69 Å². The Kier molecular flexibility index (Phi) is 6.46. The zero-order chi connectivity index (χ0) is 22.7. The first-order valence-corrected chi connectivity index (χ1v) is 10.8. The van der Waals surface area contributed by atoms with Crippen LogP contribution in [0.3, 0.4) is 0 Å². The largest absolute Gasteiger partial charge is 0.373 e. The molecule has 32 heavy (non-hydrogen) atoms. The number of amides is 1. The fraction of sp³-hybridized carbons (Fsp3) is 0.320. The molecule has 1 aliphatic heterocycles. The smallest absolute Gasteiger partial charge is 0.227 e. The summed E-state index contributed by atoms with van der Waals surface area (Å²) in [4.78, 5) is 26.0. The molecule has 3 aromatic rings. The zero-order valence-electron chi connectivity index (χ0n) is 18.7. The standard InChI is InChI=1S/C25H28FN5O/c1-17-6-4-5-7-18(17)14-30(3)16-24-28-22(13-23(27-2)29-24)19-12-25(32)31(15-19)21-10-8-20(26)9-11-21/h4-11,13,19H,12,14-16H2,1-3H3,(H,27,28,29)/t19-/m0/s1. The van der Waals surface area contributed by atoms with Crippen LogP contribution in [0.5, 0.6) is 0 Å². The first-order chi connectivity index (χ1) is 15.4. The number of hydrogen-bond donors (Lipinski definition) is 1. The van der Waals surface area contributed by atoms with Gasteiger partial charge in [0.1, 0.15) is 17.5 Å². The monoisotopic (exact) mass is 433 g/mol. The van der Waals surface area contributed by atoms with Crippen molar-refractivity contribution in [2.45, 2.75) is 32.4 Å².